The third-order valence-electron chi connectivity index (χ3n) is 2.46. The maximum Gasteiger partial charge on any atom is 0.255 e. The van der Waals surface area contributed by atoms with Crippen molar-refractivity contribution in [1.29, 1.82) is 0 Å². The Kier molecular flexibility index (Phi) is 3.25. The average molecular weight is 265 g/mol. The molecule has 0 aliphatic heterocycles. The molecular formula is C12H13ClN4O. The van der Waals surface area contributed by atoms with E-state index in [-0.39, 0.29) is 5.91 Å². The van der Waals surface area contributed by atoms with E-state index in [1.807, 2.05) is 0 Å². The van der Waals surface area contributed by atoms with Gasteiger partial charge < -0.3 is 10.6 Å². The number of nitrogens with zero attached hydrogens (tertiary/aromatic N) is 3. The lowest BCUT2D eigenvalue weighted by Gasteiger charge is -2.14. The molecule has 0 unspecified atom stereocenters. The topological polar surface area (TPSA) is 64.2 Å². The Morgan fingerprint density at radius 3 is 2.72 bits per heavy atom. The van der Waals surface area contributed by atoms with Gasteiger partial charge in [-0.1, -0.05) is 11.6 Å². The van der Waals surface area contributed by atoms with Crippen LogP contribution in [0.3, 0.4) is 0 Å². The number of rotatable bonds is 2. The van der Waals surface area contributed by atoms with Gasteiger partial charge in [0.1, 0.15) is 0 Å². The highest BCUT2D eigenvalue weighted by molar-refractivity contribution is 6.30. The van der Waals surface area contributed by atoms with Crippen molar-refractivity contribution in [3.63, 3.8) is 0 Å². The van der Waals surface area contributed by atoms with Crippen molar-refractivity contribution in [2.24, 2.45) is 0 Å². The fourth-order valence-electron chi connectivity index (χ4n) is 1.59. The van der Waals surface area contributed by atoms with Crippen LogP contribution in [-0.2, 0) is 0 Å². The van der Waals surface area contributed by atoms with Crippen LogP contribution in [0, 0.1) is 0 Å². The highest BCUT2D eigenvalue weighted by atomic mass is 35.5. The van der Waals surface area contributed by atoms with Gasteiger partial charge in [0.2, 0.25) is 0 Å². The van der Waals surface area contributed by atoms with Crippen LogP contribution >= 0.6 is 11.6 Å². The van der Waals surface area contributed by atoms with Crippen molar-refractivity contribution < 1.29 is 4.79 Å². The molecule has 0 aliphatic rings. The number of anilines is 1. The molecule has 0 spiro atoms. The maximum atomic E-state index is 12.1. The van der Waals surface area contributed by atoms with Gasteiger partial charge in [-0.05, 0) is 18.2 Å². The first-order valence-corrected chi connectivity index (χ1v) is 5.68. The zero-order valence-electron chi connectivity index (χ0n) is 10.1. The van der Waals surface area contributed by atoms with Crippen LogP contribution < -0.4 is 5.73 Å². The smallest absolute Gasteiger partial charge is 0.255 e. The van der Waals surface area contributed by atoms with Gasteiger partial charge in [0, 0.05) is 26.0 Å². The summed E-state index contributed by atoms with van der Waals surface area (Å²) in [5.41, 5.74) is 7.44. The molecule has 0 fully saturated rings. The zero-order chi connectivity index (χ0) is 13.3. The Bertz CT molecular complexity index is 592. The molecule has 0 saturated heterocycles. The highest BCUT2D eigenvalue weighted by Crippen LogP contribution is 2.20. The number of aromatic nitrogens is 2. The van der Waals surface area contributed by atoms with Crippen LogP contribution in [0.2, 0.25) is 5.02 Å². The first-order chi connectivity index (χ1) is 8.49. The van der Waals surface area contributed by atoms with Crippen molar-refractivity contribution in [2.75, 3.05) is 19.8 Å². The lowest BCUT2D eigenvalue weighted by Crippen LogP contribution is -2.23. The zero-order valence-corrected chi connectivity index (χ0v) is 10.8. The van der Waals surface area contributed by atoms with E-state index in [1.54, 1.807) is 38.5 Å². The van der Waals surface area contributed by atoms with Gasteiger partial charge >= 0.3 is 0 Å². The first-order valence-electron chi connectivity index (χ1n) is 5.31. The molecule has 18 heavy (non-hydrogen) atoms. The van der Waals surface area contributed by atoms with E-state index in [0.29, 0.717) is 22.0 Å². The summed E-state index contributed by atoms with van der Waals surface area (Å²) in [6, 6.07) is 5.06. The van der Waals surface area contributed by atoms with Crippen molar-refractivity contribution in [1.82, 2.24) is 14.7 Å². The monoisotopic (exact) mass is 264 g/mol. The summed E-state index contributed by atoms with van der Waals surface area (Å²) in [7, 11) is 3.39. The quantitative estimate of drug-likeness (QED) is 0.842. The summed E-state index contributed by atoms with van der Waals surface area (Å²) in [5.74, 6) is -0.114. The number of carbonyl (C=O) groups is 1. The molecule has 2 rings (SSSR count). The second-order valence-electron chi connectivity index (χ2n) is 4.08. The van der Waals surface area contributed by atoms with Crippen molar-refractivity contribution in [2.45, 2.75) is 0 Å². The molecule has 94 valence electrons. The number of benzene rings is 1. The third kappa shape index (κ3) is 2.31. The Morgan fingerprint density at radius 2 is 2.17 bits per heavy atom. The van der Waals surface area contributed by atoms with Gasteiger partial charge in [0.05, 0.1) is 22.5 Å². The maximum absolute atomic E-state index is 12.1. The molecule has 5 nitrogen and oxygen atoms in total. The minimum absolute atomic E-state index is 0.114. The van der Waals surface area contributed by atoms with Gasteiger partial charge in [0.25, 0.3) is 5.91 Å². The van der Waals surface area contributed by atoms with Gasteiger partial charge in [-0.3, -0.25) is 4.79 Å². The number of nitrogens with two attached hydrogens (primary N) is 1. The lowest BCUT2D eigenvalue weighted by molar-refractivity contribution is 0.0827. The number of halogens is 1. The van der Waals surface area contributed by atoms with E-state index in [0.717, 1.165) is 0 Å². The number of amides is 1. The fraction of sp³-hybridized carbons (Fsp3) is 0.167. The van der Waals surface area contributed by atoms with Crippen molar-refractivity contribution >= 4 is 23.2 Å². The molecule has 2 N–H and O–H groups in total. The van der Waals surface area contributed by atoms with Crippen LogP contribution in [0.4, 0.5) is 5.69 Å². The molecular weight excluding hydrogens is 252 g/mol. The molecule has 6 heteroatoms. The summed E-state index contributed by atoms with van der Waals surface area (Å²) in [6.45, 7) is 0. The second kappa shape index (κ2) is 4.70. The van der Waals surface area contributed by atoms with E-state index < -0.39 is 0 Å². The molecule has 1 aromatic heterocycles. The number of hydrogen-bond donors (Lipinski definition) is 1. The number of hydrogen-bond acceptors (Lipinski definition) is 3. The van der Waals surface area contributed by atoms with Gasteiger partial charge in [0.15, 0.2) is 0 Å². The molecule has 0 saturated carbocycles. The number of carbonyl (C=O) groups excluding carboxylic acids is 1. The van der Waals surface area contributed by atoms with Crippen molar-refractivity contribution in [3.05, 3.63) is 41.2 Å². The van der Waals surface area contributed by atoms with E-state index in [4.69, 9.17) is 17.3 Å². The molecule has 1 heterocycles. The first kappa shape index (κ1) is 12.4. The highest BCUT2D eigenvalue weighted by Gasteiger charge is 2.15. The summed E-state index contributed by atoms with van der Waals surface area (Å²) in [6.07, 6.45) is 3.14. The predicted molar refractivity (Wildman–Crippen MR) is 71.0 cm³/mol. The summed E-state index contributed by atoms with van der Waals surface area (Å²) in [4.78, 5) is 13.6. The standard InChI is InChI=1S/C12H13ClN4O/c1-16(2)12(18)10-4-3-9(14)5-11(10)17-7-8(13)6-15-17/h3-7H,14H2,1-2H3. The molecule has 0 atom stereocenters. The Hall–Kier alpha value is -2.01. The van der Waals surface area contributed by atoms with Crippen LogP contribution in [0.25, 0.3) is 5.69 Å². The van der Waals surface area contributed by atoms with E-state index in [2.05, 4.69) is 5.10 Å². The third-order valence-corrected chi connectivity index (χ3v) is 2.65. The van der Waals surface area contributed by atoms with Gasteiger partial charge in [-0.25, -0.2) is 4.68 Å². The summed E-state index contributed by atoms with van der Waals surface area (Å²) >= 11 is 5.83. The van der Waals surface area contributed by atoms with Crippen molar-refractivity contribution in [3.8, 4) is 5.69 Å². The summed E-state index contributed by atoms with van der Waals surface area (Å²) in [5, 5.41) is 4.59. The van der Waals surface area contributed by atoms with E-state index >= 15 is 0 Å². The fourth-order valence-corrected chi connectivity index (χ4v) is 1.73. The number of nitrogen functional groups attached to an aromatic ring is 1. The minimum Gasteiger partial charge on any atom is -0.399 e. The predicted octanol–water partition coefficient (Wildman–Crippen LogP) is 1.81. The van der Waals surface area contributed by atoms with Crippen LogP contribution in [0.5, 0.6) is 0 Å². The Balaban J connectivity index is 2.57. The average Bonchev–Trinajstić information content (AvgIpc) is 2.74. The summed E-state index contributed by atoms with van der Waals surface area (Å²) < 4.78 is 1.54. The minimum atomic E-state index is -0.114. The Morgan fingerprint density at radius 1 is 1.44 bits per heavy atom. The molecule has 0 radical (unpaired) electrons. The molecule has 1 aromatic carbocycles. The molecule has 0 aliphatic carbocycles. The van der Waals surface area contributed by atoms with Crippen LogP contribution in [-0.4, -0.2) is 34.7 Å². The van der Waals surface area contributed by atoms with Crippen LogP contribution in [0.15, 0.2) is 30.6 Å². The van der Waals surface area contributed by atoms with Gasteiger partial charge in [-0.2, -0.15) is 5.10 Å². The second-order valence-corrected chi connectivity index (χ2v) is 4.52. The SMILES string of the molecule is CN(C)C(=O)c1ccc(N)cc1-n1cc(Cl)cn1. The molecule has 1 amide bonds. The Labute approximate surface area is 110 Å². The molecule has 2 aromatic rings. The van der Waals surface area contributed by atoms with Crippen LogP contribution in [0.1, 0.15) is 10.4 Å². The lowest BCUT2D eigenvalue weighted by atomic mass is 10.1. The normalized spacial score (nSPS) is 10.4. The van der Waals surface area contributed by atoms with Gasteiger partial charge in [-0.15, -0.1) is 0 Å². The largest absolute Gasteiger partial charge is 0.399 e. The molecule has 0 bridgehead atoms. The van der Waals surface area contributed by atoms with E-state index in [1.165, 1.54) is 15.8 Å². The van der Waals surface area contributed by atoms with E-state index in [9.17, 15) is 4.79 Å².